The van der Waals surface area contributed by atoms with E-state index in [1.807, 2.05) is 0 Å². The highest BCUT2D eigenvalue weighted by atomic mass is 32.7. The molecule has 0 amide bonds. The zero-order valence-electron chi connectivity index (χ0n) is 22.3. The molecule has 0 bridgehead atoms. The number of hydrogen-bond acceptors (Lipinski definition) is 16. The number of ether oxygens (including phenoxy) is 2. The smallest absolute Gasteiger partial charge is 0.394 e. The number of aromatic nitrogens is 7. The fourth-order valence-electron chi connectivity index (χ4n) is 5.19. The minimum atomic E-state index is -4.08. The number of thiol groups is 1. The number of nitrogens with zero attached hydrogens (tertiary/aromatic N) is 6. The van der Waals surface area contributed by atoms with Crippen molar-refractivity contribution >= 4 is 72.0 Å². The van der Waals surface area contributed by atoms with Gasteiger partial charge in [-0.25, -0.2) is 15.0 Å². The average molecular weight is 691 g/mol. The SMILES string of the molecule is Nc1nc2c(ncn2C2OC(CO)CC2OP(O)(=S)OCC2OC(n3ccc4c(N)ncnc43)C(O)C2O[P+](=O)S)c(=O)[nH]1. The van der Waals surface area contributed by atoms with Crippen molar-refractivity contribution in [1.82, 2.24) is 34.1 Å². The van der Waals surface area contributed by atoms with E-state index in [1.54, 1.807) is 12.3 Å². The van der Waals surface area contributed by atoms with Crippen LogP contribution in [0.5, 0.6) is 0 Å². The van der Waals surface area contributed by atoms with Crippen LogP contribution in [0.3, 0.4) is 0 Å². The lowest BCUT2D eigenvalue weighted by Crippen LogP contribution is -2.35. The number of aromatic amines is 1. The largest absolute Gasteiger partial charge is 0.582 e. The molecule has 0 spiro atoms. The van der Waals surface area contributed by atoms with Crippen molar-refractivity contribution in [2.24, 2.45) is 0 Å². The lowest BCUT2D eigenvalue weighted by atomic mass is 10.1. The molecule has 2 aliphatic heterocycles. The van der Waals surface area contributed by atoms with Gasteiger partial charge >= 0.3 is 13.9 Å². The number of aliphatic hydroxyl groups is 2. The predicted molar refractivity (Wildman–Crippen MR) is 159 cm³/mol. The van der Waals surface area contributed by atoms with Crippen LogP contribution in [0.1, 0.15) is 18.9 Å². The predicted octanol–water partition coefficient (Wildman–Crippen LogP) is -0.142. The van der Waals surface area contributed by atoms with E-state index in [0.717, 1.165) is 0 Å². The van der Waals surface area contributed by atoms with E-state index in [1.165, 1.54) is 21.8 Å². The molecular formula is C21H26N9O10P2S2+. The van der Waals surface area contributed by atoms with Crippen LogP contribution in [-0.2, 0) is 39.4 Å². The first kappa shape index (κ1) is 31.3. The summed E-state index contributed by atoms with van der Waals surface area (Å²) in [5.74, 6) is 0.0625. The highest BCUT2D eigenvalue weighted by Gasteiger charge is 2.51. The summed E-state index contributed by atoms with van der Waals surface area (Å²) in [6.07, 6.45) is -3.32. The second-order valence-corrected chi connectivity index (χ2v) is 14.3. The molecule has 0 aromatic carbocycles. The molecule has 0 aliphatic carbocycles. The Morgan fingerprint density at radius 3 is 2.77 bits per heavy atom. The van der Waals surface area contributed by atoms with E-state index in [9.17, 15) is 24.5 Å². The number of imidazole rings is 1. The molecule has 9 atom stereocenters. The number of nitrogen functional groups attached to an aromatic ring is 2. The Morgan fingerprint density at radius 1 is 1.23 bits per heavy atom. The van der Waals surface area contributed by atoms with Crippen molar-refractivity contribution in [3.63, 3.8) is 0 Å². The molecule has 4 aromatic heterocycles. The quantitative estimate of drug-likeness (QED) is 0.0842. The maximum absolute atomic E-state index is 12.3. The molecule has 6 heterocycles. The summed E-state index contributed by atoms with van der Waals surface area (Å²) in [4.78, 5) is 42.0. The zero-order chi connectivity index (χ0) is 31.3. The summed E-state index contributed by atoms with van der Waals surface area (Å²) in [6.45, 7) is -4.92. The number of aliphatic hydroxyl groups excluding tert-OH is 2. The Balaban J connectivity index is 1.20. The van der Waals surface area contributed by atoms with Crippen molar-refractivity contribution < 1.29 is 42.7 Å². The van der Waals surface area contributed by atoms with Crippen molar-refractivity contribution in [2.45, 2.75) is 49.4 Å². The number of hydrogen-bond donors (Lipinski definition) is 7. The van der Waals surface area contributed by atoms with E-state index in [4.69, 9.17) is 46.3 Å². The number of fused-ring (bicyclic) bond motifs is 2. The van der Waals surface area contributed by atoms with Gasteiger partial charge in [-0.1, -0.05) is 0 Å². The van der Waals surface area contributed by atoms with Crippen molar-refractivity contribution in [3.05, 3.63) is 35.3 Å². The van der Waals surface area contributed by atoms with Gasteiger partial charge in [0, 0.05) is 12.6 Å². The fourth-order valence-corrected chi connectivity index (χ4v) is 7.42. The van der Waals surface area contributed by atoms with Gasteiger partial charge in [0.2, 0.25) is 5.95 Å². The monoisotopic (exact) mass is 690 g/mol. The lowest BCUT2D eigenvalue weighted by molar-refractivity contribution is -0.0562. The third-order valence-corrected chi connectivity index (χ3v) is 9.37. The minimum Gasteiger partial charge on any atom is -0.394 e. The average Bonchev–Trinajstić information content (AvgIpc) is 3.73. The molecule has 2 saturated heterocycles. The van der Waals surface area contributed by atoms with E-state index in [0.29, 0.717) is 11.0 Å². The van der Waals surface area contributed by atoms with Gasteiger partial charge < -0.3 is 49.7 Å². The molecule has 4 aromatic rings. The molecule has 23 heteroatoms. The number of nitrogens with two attached hydrogens (primary N) is 2. The van der Waals surface area contributed by atoms with Gasteiger partial charge in [-0.2, -0.15) is 4.98 Å². The van der Waals surface area contributed by atoms with Gasteiger partial charge in [-0.05, 0) is 22.4 Å². The molecule has 2 fully saturated rings. The maximum Gasteiger partial charge on any atom is 0.582 e. The van der Waals surface area contributed by atoms with Crippen LogP contribution in [0.15, 0.2) is 29.7 Å². The topological polar surface area (TPSA) is 270 Å². The van der Waals surface area contributed by atoms with Gasteiger partial charge in [-0.3, -0.25) is 14.3 Å². The number of anilines is 2. The van der Waals surface area contributed by atoms with Crippen LogP contribution in [0.2, 0.25) is 0 Å². The summed E-state index contributed by atoms with van der Waals surface area (Å²) in [7, 11) is -2.49. The van der Waals surface area contributed by atoms with Gasteiger partial charge in [-0.15, -0.1) is 4.52 Å². The van der Waals surface area contributed by atoms with Crippen LogP contribution in [0.4, 0.5) is 11.8 Å². The lowest BCUT2D eigenvalue weighted by Gasteiger charge is -2.25. The first-order chi connectivity index (χ1) is 21.0. The number of H-pyrrole nitrogens is 1. The molecule has 2 aliphatic rings. The summed E-state index contributed by atoms with van der Waals surface area (Å²) in [5, 5.41) is 21.4. The summed E-state index contributed by atoms with van der Waals surface area (Å²) in [6, 6.07) is 1.64. The van der Waals surface area contributed by atoms with Crippen LogP contribution >= 0.6 is 26.2 Å². The highest BCUT2D eigenvalue weighted by Crippen LogP contribution is 2.51. The van der Waals surface area contributed by atoms with Crippen LogP contribution in [0, 0.1) is 0 Å². The van der Waals surface area contributed by atoms with Gasteiger partial charge in [0.1, 0.15) is 48.4 Å². The third-order valence-electron chi connectivity index (χ3n) is 7.08. The van der Waals surface area contributed by atoms with Gasteiger partial charge in [0.05, 0.1) is 31.0 Å². The molecule has 9 unspecified atom stereocenters. The molecule has 0 radical (unpaired) electrons. The first-order valence-electron chi connectivity index (χ1n) is 12.8. The van der Waals surface area contributed by atoms with Crippen LogP contribution in [-0.4, -0.2) is 92.9 Å². The van der Waals surface area contributed by atoms with E-state index >= 15 is 0 Å². The second kappa shape index (κ2) is 12.3. The molecule has 19 nitrogen and oxygen atoms in total. The summed E-state index contributed by atoms with van der Waals surface area (Å²) >= 11 is 9.07. The van der Waals surface area contributed by atoms with Crippen molar-refractivity contribution in [2.75, 3.05) is 24.7 Å². The van der Waals surface area contributed by atoms with Gasteiger partial charge in [0.25, 0.3) is 5.56 Å². The van der Waals surface area contributed by atoms with E-state index < -0.39 is 69.1 Å². The summed E-state index contributed by atoms with van der Waals surface area (Å²) in [5.41, 5.74) is 11.5. The van der Waals surface area contributed by atoms with Crippen molar-refractivity contribution in [3.8, 4) is 0 Å². The number of nitrogens with one attached hydrogen (secondary N) is 1. The molecule has 6 rings (SSSR count). The molecular weight excluding hydrogens is 664 g/mol. The van der Waals surface area contributed by atoms with Crippen LogP contribution in [0.25, 0.3) is 22.2 Å². The Hall–Kier alpha value is -2.65. The highest BCUT2D eigenvalue weighted by molar-refractivity contribution is 8.39. The van der Waals surface area contributed by atoms with Crippen molar-refractivity contribution in [1.29, 1.82) is 0 Å². The maximum atomic E-state index is 12.3. The standard InChI is InChI=1S/C21H25N9O10P2S2/c22-15-9-1-2-29(16(9)25-6-24-15)20-13(32)14(39-41(34)43)11(38-20)5-36-42(35,44)40-10-3-8(4-31)37-19(10)30-7-26-12-17(30)27-21(23)28-18(12)33/h1-2,6-8,10-11,13-14,19-20,31-32H,3-5H2,(H6-,22,23,24,25,27,28,33,34,35,43,44)/p+1. The van der Waals surface area contributed by atoms with E-state index in [-0.39, 0.29) is 36.0 Å². The van der Waals surface area contributed by atoms with Crippen LogP contribution < -0.4 is 17.0 Å². The summed E-state index contributed by atoms with van der Waals surface area (Å²) < 4.78 is 43.4. The zero-order valence-corrected chi connectivity index (χ0v) is 25.8. The first-order valence-corrected chi connectivity index (χ1v) is 17.8. The normalized spacial score (nSPS) is 29.0. The Morgan fingerprint density at radius 2 is 2.02 bits per heavy atom. The van der Waals surface area contributed by atoms with Gasteiger partial charge in [0.15, 0.2) is 29.7 Å². The Kier molecular flexibility index (Phi) is 8.74. The third kappa shape index (κ3) is 5.98. The second-order valence-electron chi connectivity index (χ2n) is 9.83. The Labute approximate surface area is 257 Å². The fraction of sp³-hybridized carbons (Fsp3) is 0.476. The number of rotatable bonds is 10. The molecule has 8 N–H and O–H groups in total. The molecule has 44 heavy (non-hydrogen) atoms. The minimum absolute atomic E-state index is 0.0154. The van der Waals surface area contributed by atoms with E-state index in [2.05, 4.69) is 37.2 Å². The molecule has 0 saturated carbocycles. The molecule has 236 valence electrons. The Bertz CT molecular complexity index is 1820.